The Kier molecular flexibility index (Phi) is 10.3. The van der Waals surface area contributed by atoms with E-state index >= 15 is 0 Å². The molecular weight excluding hydrogens is 566 g/mol. The summed E-state index contributed by atoms with van der Waals surface area (Å²) in [7, 11) is -1.33. The Hall–Kier alpha value is -3.76. The first-order chi connectivity index (χ1) is 19.3. The Bertz CT molecular complexity index is 1480. The minimum Gasteiger partial charge on any atom is -0.497 e. The molecule has 0 aliphatic heterocycles. The molecule has 2 amide bonds. The lowest BCUT2D eigenvalue weighted by atomic mass is 10.1. The number of nitrogens with zero attached hydrogens (tertiary/aromatic N) is 2. The van der Waals surface area contributed by atoms with E-state index in [2.05, 4.69) is 5.32 Å². The quantitative estimate of drug-likeness (QED) is 0.336. The van der Waals surface area contributed by atoms with Crippen LogP contribution in [0.2, 0.25) is 5.02 Å². The van der Waals surface area contributed by atoms with E-state index < -0.39 is 34.1 Å². The number of benzene rings is 3. The highest BCUT2D eigenvalue weighted by Crippen LogP contribution is 2.35. The fourth-order valence-corrected chi connectivity index (χ4v) is 5.72. The zero-order valence-electron chi connectivity index (χ0n) is 24.0. The minimum absolute atomic E-state index is 0.0206. The number of hydrogen-bond acceptors (Lipinski definition) is 6. The highest BCUT2D eigenvalue weighted by atomic mass is 35.5. The van der Waals surface area contributed by atoms with E-state index in [4.69, 9.17) is 21.1 Å². The van der Waals surface area contributed by atoms with Gasteiger partial charge >= 0.3 is 0 Å². The van der Waals surface area contributed by atoms with Crippen molar-refractivity contribution in [3.05, 3.63) is 83.4 Å². The van der Waals surface area contributed by atoms with Gasteiger partial charge in [-0.2, -0.15) is 0 Å². The molecule has 0 aliphatic carbocycles. The van der Waals surface area contributed by atoms with Gasteiger partial charge in [-0.3, -0.25) is 13.9 Å². The highest BCUT2D eigenvalue weighted by molar-refractivity contribution is 7.92. The van der Waals surface area contributed by atoms with E-state index in [0.29, 0.717) is 11.3 Å². The van der Waals surface area contributed by atoms with Crippen molar-refractivity contribution in [2.45, 2.75) is 50.7 Å². The first-order valence-electron chi connectivity index (χ1n) is 12.9. The summed E-state index contributed by atoms with van der Waals surface area (Å²) in [5.41, 5.74) is 0.239. The van der Waals surface area contributed by atoms with E-state index in [0.717, 1.165) is 4.31 Å². The van der Waals surface area contributed by atoms with Crippen LogP contribution in [-0.2, 0) is 26.2 Å². The van der Waals surface area contributed by atoms with Crippen LogP contribution in [0.4, 0.5) is 5.69 Å². The van der Waals surface area contributed by atoms with Crippen molar-refractivity contribution in [3.63, 3.8) is 0 Å². The first kappa shape index (κ1) is 31.8. The fraction of sp³-hybridized carbons (Fsp3) is 0.333. The lowest BCUT2D eigenvalue weighted by molar-refractivity contribution is -0.140. The molecule has 0 spiro atoms. The molecule has 41 heavy (non-hydrogen) atoms. The highest BCUT2D eigenvalue weighted by Gasteiger charge is 2.34. The van der Waals surface area contributed by atoms with Crippen LogP contribution in [0.5, 0.6) is 11.5 Å². The number of anilines is 1. The molecule has 0 unspecified atom stereocenters. The molecule has 0 bridgehead atoms. The zero-order chi connectivity index (χ0) is 30.4. The predicted molar refractivity (Wildman–Crippen MR) is 160 cm³/mol. The minimum atomic E-state index is -4.26. The van der Waals surface area contributed by atoms with Crippen LogP contribution >= 0.6 is 11.6 Å². The molecule has 9 nitrogen and oxygen atoms in total. The maximum atomic E-state index is 14.1. The van der Waals surface area contributed by atoms with Crippen molar-refractivity contribution in [1.82, 2.24) is 10.2 Å². The first-order valence-corrected chi connectivity index (χ1v) is 14.7. The fourth-order valence-electron chi connectivity index (χ4n) is 4.12. The largest absolute Gasteiger partial charge is 0.497 e. The second-order valence-electron chi connectivity index (χ2n) is 10.4. The summed E-state index contributed by atoms with van der Waals surface area (Å²) in [6.45, 7) is 6.53. The molecule has 3 aromatic rings. The Morgan fingerprint density at radius 2 is 1.63 bits per heavy atom. The maximum absolute atomic E-state index is 14.1. The molecule has 0 saturated carbocycles. The van der Waals surface area contributed by atoms with Crippen LogP contribution in [0, 0.1) is 0 Å². The standard InChI is InChI=1S/C30H36ClN3O6S/c1-21(29(36)32-30(2,3)4)33(19-22-11-10-12-24(17-22)39-5)28(35)20-34(26-18-23(31)15-16-27(26)40-6)41(37,38)25-13-8-7-9-14-25/h7-18,21H,19-20H2,1-6H3,(H,32,36)/t21-/m1/s1. The van der Waals surface area contributed by atoms with Gasteiger partial charge in [-0.05, 0) is 75.7 Å². The molecule has 0 heterocycles. The third-order valence-electron chi connectivity index (χ3n) is 6.17. The summed E-state index contributed by atoms with van der Waals surface area (Å²) in [6, 6.07) is 18.5. The molecule has 220 valence electrons. The van der Waals surface area contributed by atoms with Gasteiger partial charge in [-0.25, -0.2) is 8.42 Å². The van der Waals surface area contributed by atoms with E-state index in [-0.39, 0.29) is 33.8 Å². The summed E-state index contributed by atoms with van der Waals surface area (Å²) in [6.07, 6.45) is 0. The van der Waals surface area contributed by atoms with E-state index in [1.54, 1.807) is 55.5 Å². The van der Waals surface area contributed by atoms with Gasteiger partial charge in [-0.15, -0.1) is 0 Å². The van der Waals surface area contributed by atoms with Gasteiger partial charge in [0.05, 0.1) is 24.8 Å². The van der Waals surface area contributed by atoms with Crippen LogP contribution in [0.25, 0.3) is 0 Å². The Labute approximate surface area is 247 Å². The van der Waals surface area contributed by atoms with Gasteiger partial charge in [0.1, 0.15) is 24.1 Å². The maximum Gasteiger partial charge on any atom is 0.264 e. The molecule has 0 aromatic heterocycles. The van der Waals surface area contributed by atoms with Gasteiger partial charge in [0, 0.05) is 17.1 Å². The normalized spacial score (nSPS) is 12.3. The SMILES string of the molecule is COc1cccc(CN(C(=O)CN(c2cc(Cl)ccc2OC)S(=O)(=O)c2ccccc2)[C@H](C)C(=O)NC(C)(C)C)c1. The molecule has 3 rings (SSSR count). The number of halogens is 1. The van der Waals surface area contributed by atoms with Crippen LogP contribution in [0.3, 0.4) is 0 Å². The van der Waals surface area contributed by atoms with Gasteiger partial charge in [0.15, 0.2) is 0 Å². The summed E-state index contributed by atoms with van der Waals surface area (Å²) in [5, 5.41) is 3.16. The lowest BCUT2D eigenvalue weighted by Gasteiger charge is -2.33. The molecule has 0 saturated heterocycles. The molecule has 0 aliphatic rings. The number of amides is 2. The average molecular weight is 602 g/mol. The monoisotopic (exact) mass is 601 g/mol. The molecule has 0 radical (unpaired) electrons. The average Bonchev–Trinajstić information content (AvgIpc) is 2.93. The molecule has 1 N–H and O–H groups in total. The van der Waals surface area contributed by atoms with Crippen molar-refractivity contribution >= 4 is 39.1 Å². The smallest absolute Gasteiger partial charge is 0.264 e. The van der Waals surface area contributed by atoms with Crippen molar-refractivity contribution < 1.29 is 27.5 Å². The summed E-state index contributed by atoms with van der Waals surface area (Å²) >= 11 is 6.27. The third-order valence-corrected chi connectivity index (χ3v) is 8.18. The zero-order valence-corrected chi connectivity index (χ0v) is 25.6. The second-order valence-corrected chi connectivity index (χ2v) is 12.7. The van der Waals surface area contributed by atoms with Gasteiger partial charge < -0.3 is 19.7 Å². The number of nitrogens with one attached hydrogen (secondary N) is 1. The number of ether oxygens (including phenoxy) is 2. The summed E-state index contributed by atoms with van der Waals surface area (Å²) in [4.78, 5) is 28.7. The Balaban J connectivity index is 2.10. The van der Waals surface area contributed by atoms with Gasteiger partial charge in [0.25, 0.3) is 10.0 Å². The van der Waals surface area contributed by atoms with E-state index in [1.165, 1.54) is 43.4 Å². The van der Waals surface area contributed by atoms with Gasteiger partial charge in [-0.1, -0.05) is 41.9 Å². The number of sulfonamides is 1. The van der Waals surface area contributed by atoms with Crippen LogP contribution in [-0.4, -0.2) is 57.5 Å². The van der Waals surface area contributed by atoms with Gasteiger partial charge in [0.2, 0.25) is 11.8 Å². The van der Waals surface area contributed by atoms with Crippen molar-refractivity contribution in [1.29, 1.82) is 0 Å². The van der Waals surface area contributed by atoms with Crippen molar-refractivity contribution in [3.8, 4) is 11.5 Å². The molecule has 1 atom stereocenters. The third kappa shape index (κ3) is 8.14. The number of methoxy groups -OCH3 is 2. The lowest BCUT2D eigenvalue weighted by Crippen LogP contribution is -2.54. The van der Waals surface area contributed by atoms with Crippen molar-refractivity contribution in [2.75, 3.05) is 25.1 Å². The molecule has 0 fully saturated rings. The number of hydrogen-bond donors (Lipinski definition) is 1. The second kappa shape index (κ2) is 13.3. The molecule has 11 heteroatoms. The molecule has 3 aromatic carbocycles. The van der Waals surface area contributed by atoms with Crippen LogP contribution in [0.15, 0.2) is 77.7 Å². The summed E-state index contributed by atoms with van der Waals surface area (Å²) in [5.74, 6) is -0.198. The Morgan fingerprint density at radius 3 is 2.24 bits per heavy atom. The number of carbonyl (C=O) groups is 2. The Morgan fingerprint density at radius 1 is 0.951 bits per heavy atom. The topological polar surface area (TPSA) is 105 Å². The van der Waals surface area contributed by atoms with Crippen molar-refractivity contribution in [2.24, 2.45) is 0 Å². The number of rotatable bonds is 11. The predicted octanol–water partition coefficient (Wildman–Crippen LogP) is 4.88. The van der Waals surface area contributed by atoms with Crippen LogP contribution in [0.1, 0.15) is 33.3 Å². The molecular formula is C30H36ClN3O6S. The van der Waals surface area contributed by atoms with E-state index in [1.807, 2.05) is 20.8 Å². The van der Waals surface area contributed by atoms with Crippen LogP contribution < -0.4 is 19.1 Å². The van der Waals surface area contributed by atoms with E-state index in [9.17, 15) is 18.0 Å². The summed E-state index contributed by atoms with van der Waals surface area (Å²) < 4.78 is 39.7. The number of carbonyl (C=O) groups excluding carboxylic acids is 2.